The zero-order chi connectivity index (χ0) is 21.8. The Morgan fingerprint density at radius 3 is 2.06 bits per heavy atom. The fraction of sp³-hybridized carbons (Fsp3) is 0.107. The number of hydrogen-bond acceptors (Lipinski definition) is 4. The molecule has 0 N–H and O–H groups in total. The molecular formula is C28H22N2O2. The molecule has 0 amide bonds. The molecule has 1 aliphatic rings. The number of nitrogens with zero attached hydrogens (tertiary/aromatic N) is 2. The molecule has 32 heavy (non-hydrogen) atoms. The van der Waals surface area contributed by atoms with Crippen LogP contribution in [0, 0.1) is 11.3 Å². The van der Waals surface area contributed by atoms with Crippen molar-refractivity contribution < 1.29 is 9.47 Å². The molecule has 0 aromatic heterocycles. The van der Waals surface area contributed by atoms with Crippen LogP contribution in [0.4, 0.5) is 5.69 Å². The first-order chi connectivity index (χ1) is 15.8. The van der Waals surface area contributed by atoms with Gasteiger partial charge in [0.1, 0.15) is 23.0 Å². The highest BCUT2D eigenvalue weighted by atomic mass is 16.5. The summed E-state index contributed by atoms with van der Waals surface area (Å²) in [4.78, 5) is 2.40. The molecule has 0 saturated carbocycles. The van der Waals surface area contributed by atoms with Crippen LogP contribution in [0.5, 0.6) is 23.0 Å². The zero-order valence-electron chi connectivity index (χ0n) is 17.6. The molecule has 0 spiro atoms. The molecule has 0 bridgehead atoms. The smallest absolute Gasteiger partial charge is 0.127 e. The highest BCUT2D eigenvalue weighted by Gasteiger charge is 2.20. The molecule has 0 radical (unpaired) electrons. The Kier molecular flexibility index (Phi) is 5.47. The minimum absolute atomic E-state index is 0.626. The van der Waals surface area contributed by atoms with E-state index in [1.54, 1.807) is 12.1 Å². The number of rotatable bonds is 6. The first-order valence-corrected chi connectivity index (χ1v) is 10.6. The Bertz CT molecular complexity index is 1240. The van der Waals surface area contributed by atoms with E-state index < -0.39 is 0 Å². The molecule has 0 unspecified atom stereocenters. The number of nitriles is 1. The van der Waals surface area contributed by atoms with Gasteiger partial charge in [0.05, 0.1) is 11.6 Å². The van der Waals surface area contributed by atoms with Crippen LogP contribution in [-0.2, 0) is 13.0 Å². The van der Waals surface area contributed by atoms with E-state index in [-0.39, 0.29) is 0 Å². The molecule has 1 aliphatic heterocycles. The number of anilines is 1. The van der Waals surface area contributed by atoms with Crippen molar-refractivity contribution in [2.45, 2.75) is 13.0 Å². The number of para-hydroxylation sites is 1. The summed E-state index contributed by atoms with van der Waals surface area (Å²) in [6, 6.07) is 33.7. The second kappa shape index (κ2) is 8.87. The molecule has 0 aliphatic carbocycles. The van der Waals surface area contributed by atoms with Gasteiger partial charge >= 0.3 is 0 Å². The molecule has 4 heteroatoms. The van der Waals surface area contributed by atoms with E-state index in [4.69, 9.17) is 14.7 Å². The maximum atomic E-state index is 8.93. The van der Waals surface area contributed by atoms with Gasteiger partial charge in [-0.15, -0.1) is 0 Å². The van der Waals surface area contributed by atoms with E-state index in [9.17, 15) is 0 Å². The van der Waals surface area contributed by atoms with Crippen molar-refractivity contribution in [1.29, 1.82) is 5.26 Å². The summed E-state index contributed by atoms with van der Waals surface area (Å²) in [6.45, 7) is 1.84. The SMILES string of the molecule is N#Cc1ccc(Oc2ccc3c(c2)CCN3Cc2ccc(Oc3ccccc3)cc2)cc1. The Morgan fingerprint density at radius 1 is 0.719 bits per heavy atom. The fourth-order valence-electron chi connectivity index (χ4n) is 3.92. The second-order valence-corrected chi connectivity index (χ2v) is 7.76. The number of fused-ring (bicyclic) bond motifs is 1. The molecular weight excluding hydrogens is 396 g/mol. The normalized spacial score (nSPS) is 12.2. The number of ether oxygens (including phenoxy) is 2. The fourth-order valence-corrected chi connectivity index (χ4v) is 3.92. The van der Waals surface area contributed by atoms with E-state index in [1.165, 1.54) is 16.8 Å². The molecule has 156 valence electrons. The van der Waals surface area contributed by atoms with E-state index in [0.717, 1.165) is 42.5 Å². The summed E-state index contributed by atoms with van der Waals surface area (Å²) in [7, 11) is 0. The van der Waals surface area contributed by atoms with Gasteiger partial charge in [-0.2, -0.15) is 5.26 Å². The predicted octanol–water partition coefficient (Wildman–Crippen LogP) is 6.71. The quantitative estimate of drug-likeness (QED) is 0.349. The van der Waals surface area contributed by atoms with Gasteiger partial charge in [0.2, 0.25) is 0 Å². The van der Waals surface area contributed by atoms with E-state index in [2.05, 4.69) is 35.2 Å². The van der Waals surface area contributed by atoms with Crippen molar-refractivity contribution in [1.82, 2.24) is 0 Å². The minimum Gasteiger partial charge on any atom is -0.457 e. The third-order valence-corrected chi connectivity index (χ3v) is 5.54. The van der Waals surface area contributed by atoms with Crippen LogP contribution < -0.4 is 14.4 Å². The van der Waals surface area contributed by atoms with Gasteiger partial charge < -0.3 is 14.4 Å². The Hall–Kier alpha value is -4.23. The maximum Gasteiger partial charge on any atom is 0.127 e. The lowest BCUT2D eigenvalue weighted by Gasteiger charge is -2.20. The second-order valence-electron chi connectivity index (χ2n) is 7.76. The summed E-state index contributed by atoms with van der Waals surface area (Å²) < 4.78 is 11.9. The molecule has 1 heterocycles. The molecule has 4 aromatic rings. The largest absolute Gasteiger partial charge is 0.457 e. The van der Waals surface area contributed by atoms with Crippen molar-refractivity contribution in [2.75, 3.05) is 11.4 Å². The van der Waals surface area contributed by atoms with Gasteiger partial charge in [-0.25, -0.2) is 0 Å². The van der Waals surface area contributed by atoms with Gasteiger partial charge in [0.15, 0.2) is 0 Å². The minimum atomic E-state index is 0.626. The summed E-state index contributed by atoms with van der Waals surface area (Å²) in [6.07, 6.45) is 0.995. The van der Waals surface area contributed by atoms with Gasteiger partial charge in [-0.3, -0.25) is 0 Å². The van der Waals surface area contributed by atoms with E-state index in [0.29, 0.717) is 5.56 Å². The van der Waals surface area contributed by atoms with Gasteiger partial charge in [0.25, 0.3) is 0 Å². The van der Waals surface area contributed by atoms with Crippen LogP contribution >= 0.6 is 0 Å². The summed E-state index contributed by atoms with van der Waals surface area (Å²) >= 11 is 0. The van der Waals surface area contributed by atoms with Crippen molar-refractivity contribution in [3.8, 4) is 29.1 Å². The Morgan fingerprint density at radius 2 is 1.34 bits per heavy atom. The highest BCUT2D eigenvalue weighted by Crippen LogP contribution is 2.34. The van der Waals surface area contributed by atoms with Crippen LogP contribution in [0.3, 0.4) is 0 Å². The van der Waals surface area contributed by atoms with E-state index in [1.807, 2.05) is 60.7 Å². The van der Waals surface area contributed by atoms with E-state index >= 15 is 0 Å². The molecule has 4 aromatic carbocycles. The third kappa shape index (κ3) is 4.43. The lowest BCUT2D eigenvalue weighted by Crippen LogP contribution is -2.19. The zero-order valence-corrected chi connectivity index (χ0v) is 17.6. The maximum absolute atomic E-state index is 8.93. The Labute approximate surface area is 187 Å². The summed E-state index contributed by atoms with van der Waals surface area (Å²) in [5.41, 5.74) is 4.42. The predicted molar refractivity (Wildman–Crippen MR) is 125 cm³/mol. The Balaban J connectivity index is 1.24. The summed E-state index contributed by atoms with van der Waals surface area (Å²) in [5.74, 6) is 3.23. The number of hydrogen-bond donors (Lipinski definition) is 0. The topological polar surface area (TPSA) is 45.5 Å². The standard InChI is InChI=1S/C28H22N2O2/c29-19-21-6-10-26(11-7-21)32-27-14-15-28-23(18-27)16-17-30(28)20-22-8-12-25(13-9-22)31-24-4-2-1-3-5-24/h1-15,18H,16-17,20H2. The van der Waals surface area contributed by atoms with Crippen LogP contribution in [0.25, 0.3) is 0 Å². The average Bonchev–Trinajstić information content (AvgIpc) is 3.23. The molecule has 4 nitrogen and oxygen atoms in total. The highest BCUT2D eigenvalue weighted by molar-refractivity contribution is 5.61. The molecule has 0 fully saturated rings. The van der Waals surface area contributed by atoms with Crippen LogP contribution in [0.1, 0.15) is 16.7 Å². The van der Waals surface area contributed by atoms with Crippen molar-refractivity contribution in [3.05, 3.63) is 114 Å². The van der Waals surface area contributed by atoms with Crippen LogP contribution in [-0.4, -0.2) is 6.54 Å². The van der Waals surface area contributed by atoms with Crippen LogP contribution in [0.15, 0.2) is 97.1 Å². The lowest BCUT2D eigenvalue weighted by atomic mass is 10.1. The first-order valence-electron chi connectivity index (χ1n) is 10.6. The monoisotopic (exact) mass is 418 g/mol. The lowest BCUT2D eigenvalue weighted by molar-refractivity contribution is 0.482. The summed E-state index contributed by atoms with van der Waals surface area (Å²) in [5, 5.41) is 8.93. The first kappa shape index (κ1) is 19.7. The molecule has 5 rings (SSSR count). The third-order valence-electron chi connectivity index (χ3n) is 5.54. The van der Waals surface area contributed by atoms with Gasteiger partial charge in [-0.1, -0.05) is 30.3 Å². The van der Waals surface area contributed by atoms with Crippen molar-refractivity contribution >= 4 is 5.69 Å². The molecule has 0 saturated heterocycles. The number of benzene rings is 4. The van der Waals surface area contributed by atoms with Gasteiger partial charge in [0, 0.05) is 18.8 Å². The van der Waals surface area contributed by atoms with Crippen molar-refractivity contribution in [2.24, 2.45) is 0 Å². The van der Waals surface area contributed by atoms with Crippen molar-refractivity contribution in [3.63, 3.8) is 0 Å². The van der Waals surface area contributed by atoms with Crippen LogP contribution in [0.2, 0.25) is 0 Å². The average molecular weight is 418 g/mol. The molecule has 0 atom stereocenters. The van der Waals surface area contributed by atoms with Gasteiger partial charge in [-0.05, 0) is 84.3 Å².